The van der Waals surface area contributed by atoms with Gasteiger partial charge in [-0.1, -0.05) is 12.1 Å². The summed E-state index contributed by atoms with van der Waals surface area (Å²) in [6.45, 7) is 0. The summed E-state index contributed by atoms with van der Waals surface area (Å²) in [7, 11) is 0. The predicted molar refractivity (Wildman–Crippen MR) is 45.9 cm³/mol. The van der Waals surface area contributed by atoms with Crippen molar-refractivity contribution in [3.8, 4) is 0 Å². The fraction of sp³-hybridized carbons (Fsp3) is 0.100. The molecule has 0 bridgehead atoms. The van der Waals surface area contributed by atoms with Crippen molar-refractivity contribution in [3.63, 3.8) is 0 Å². The van der Waals surface area contributed by atoms with Gasteiger partial charge in [-0.15, -0.1) is 0 Å². The molecule has 0 radical (unpaired) electrons. The number of aliphatic hydroxyl groups is 1. The molecule has 1 unspecified atom stereocenters. The third kappa shape index (κ3) is 1.45. The van der Waals surface area contributed by atoms with E-state index in [1.165, 1.54) is 12.1 Å². The second-order valence-corrected chi connectivity index (χ2v) is 3.06. The van der Waals surface area contributed by atoms with Gasteiger partial charge in [0, 0.05) is 5.56 Å². The second-order valence-electron chi connectivity index (χ2n) is 3.06. The van der Waals surface area contributed by atoms with E-state index in [4.69, 9.17) is 0 Å². The van der Waals surface area contributed by atoms with Crippen molar-refractivity contribution in [1.82, 2.24) is 0 Å². The van der Waals surface area contributed by atoms with Crippen LogP contribution >= 0.6 is 0 Å². The molecule has 1 aromatic rings. The molecular weight excluding hydrogens is 206 g/mol. The number of halogens is 2. The molecule has 5 heteroatoms. The number of rotatable bonds is 1. The van der Waals surface area contributed by atoms with Crippen LogP contribution in [0.4, 0.5) is 8.78 Å². The Morgan fingerprint density at radius 2 is 2.07 bits per heavy atom. The number of benzene rings is 1. The zero-order valence-electron chi connectivity index (χ0n) is 7.41. The summed E-state index contributed by atoms with van der Waals surface area (Å²) < 4.78 is 30.5. The minimum Gasteiger partial charge on any atom is -0.508 e. The van der Waals surface area contributed by atoms with E-state index < -0.39 is 29.3 Å². The number of carbonyl (C=O) groups is 1. The Morgan fingerprint density at radius 3 is 2.67 bits per heavy atom. The van der Waals surface area contributed by atoms with Gasteiger partial charge in [-0.25, -0.2) is 8.78 Å². The highest BCUT2D eigenvalue weighted by atomic mass is 19.2. The van der Waals surface area contributed by atoms with Crippen molar-refractivity contribution >= 4 is 5.97 Å². The summed E-state index contributed by atoms with van der Waals surface area (Å²) in [5.41, 5.74) is -0.230. The van der Waals surface area contributed by atoms with Crippen LogP contribution in [0.3, 0.4) is 0 Å². The van der Waals surface area contributed by atoms with Crippen LogP contribution in [0, 0.1) is 11.6 Å². The fourth-order valence-electron chi connectivity index (χ4n) is 1.40. The Labute approximate surface area is 83.6 Å². The van der Waals surface area contributed by atoms with E-state index in [2.05, 4.69) is 4.74 Å². The van der Waals surface area contributed by atoms with Crippen LogP contribution < -0.4 is 0 Å². The lowest BCUT2D eigenvalue weighted by atomic mass is 9.98. The Bertz CT molecular complexity index is 454. The average Bonchev–Trinajstić information content (AvgIpc) is 2.52. The van der Waals surface area contributed by atoms with Gasteiger partial charge in [0.05, 0.1) is 0 Å². The molecule has 0 aromatic heterocycles. The molecule has 1 N–H and O–H groups in total. The first-order valence-corrected chi connectivity index (χ1v) is 4.14. The highest BCUT2D eigenvalue weighted by Gasteiger charge is 2.34. The summed E-state index contributed by atoms with van der Waals surface area (Å²) in [6.07, 6.45) is 0.817. The van der Waals surface area contributed by atoms with E-state index >= 15 is 0 Å². The molecule has 0 fully saturated rings. The van der Waals surface area contributed by atoms with Crippen LogP contribution in [0.5, 0.6) is 0 Å². The van der Waals surface area contributed by atoms with Gasteiger partial charge in [-0.2, -0.15) is 0 Å². The van der Waals surface area contributed by atoms with Gasteiger partial charge in [0.25, 0.3) is 0 Å². The molecular formula is C10H6F2O3. The maximum absolute atomic E-state index is 13.3. The first-order chi connectivity index (χ1) is 7.11. The van der Waals surface area contributed by atoms with Gasteiger partial charge in [-0.3, -0.25) is 4.79 Å². The van der Waals surface area contributed by atoms with Crippen molar-refractivity contribution in [3.05, 3.63) is 47.4 Å². The van der Waals surface area contributed by atoms with Crippen molar-refractivity contribution < 1.29 is 23.4 Å². The summed E-state index contributed by atoms with van der Waals surface area (Å²) in [5.74, 6) is -4.73. The lowest BCUT2D eigenvalue weighted by Gasteiger charge is -2.08. The molecule has 1 heterocycles. The van der Waals surface area contributed by atoms with Crippen LogP contribution in [0.1, 0.15) is 11.5 Å². The molecule has 0 amide bonds. The highest BCUT2D eigenvalue weighted by Crippen LogP contribution is 2.31. The first kappa shape index (κ1) is 9.64. The topological polar surface area (TPSA) is 46.5 Å². The van der Waals surface area contributed by atoms with E-state index in [1.54, 1.807) is 0 Å². The molecule has 2 rings (SSSR count). The van der Waals surface area contributed by atoms with Crippen LogP contribution in [0.25, 0.3) is 0 Å². The molecule has 78 valence electrons. The van der Waals surface area contributed by atoms with E-state index in [1.807, 2.05) is 0 Å². The molecule has 0 saturated heterocycles. The van der Waals surface area contributed by atoms with Crippen LogP contribution in [-0.2, 0) is 9.53 Å². The molecule has 3 nitrogen and oxygen atoms in total. The Morgan fingerprint density at radius 1 is 1.33 bits per heavy atom. The Balaban J connectivity index is 2.50. The van der Waals surface area contributed by atoms with Gasteiger partial charge in [0.2, 0.25) is 0 Å². The Kier molecular flexibility index (Phi) is 2.15. The summed E-state index contributed by atoms with van der Waals surface area (Å²) in [5, 5.41) is 9.25. The molecule has 0 spiro atoms. The molecule has 0 aliphatic carbocycles. The largest absolute Gasteiger partial charge is 0.508 e. The van der Waals surface area contributed by atoms with Gasteiger partial charge >= 0.3 is 5.97 Å². The summed E-state index contributed by atoms with van der Waals surface area (Å²) >= 11 is 0. The lowest BCUT2D eigenvalue weighted by molar-refractivity contribution is -0.137. The zero-order valence-corrected chi connectivity index (χ0v) is 7.41. The van der Waals surface area contributed by atoms with E-state index in [9.17, 15) is 18.7 Å². The number of ether oxygens (including phenoxy) is 1. The second kappa shape index (κ2) is 3.34. The molecule has 1 aliphatic heterocycles. The average molecular weight is 212 g/mol. The monoisotopic (exact) mass is 212 g/mol. The minimum atomic E-state index is -1.26. The molecule has 0 saturated carbocycles. The fourth-order valence-corrected chi connectivity index (χ4v) is 1.40. The van der Waals surface area contributed by atoms with E-state index in [-0.39, 0.29) is 5.56 Å². The smallest absolute Gasteiger partial charge is 0.326 e. The zero-order chi connectivity index (χ0) is 11.0. The number of cyclic esters (lactones) is 1. The molecule has 1 atom stereocenters. The van der Waals surface area contributed by atoms with Crippen LogP contribution in [-0.4, -0.2) is 11.1 Å². The van der Waals surface area contributed by atoms with Crippen LogP contribution in [0.15, 0.2) is 30.2 Å². The Hall–Kier alpha value is -1.91. The van der Waals surface area contributed by atoms with E-state index in [0.29, 0.717) is 0 Å². The number of hydrogen-bond donors (Lipinski definition) is 1. The number of hydrogen-bond acceptors (Lipinski definition) is 3. The quantitative estimate of drug-likeness (QED) is 0.724. The van der Waals surface area contributed by atoms with Crippen molar-refractivity contribution in [2.45, 2.75) is 5.92 Å². The third-order valence-electron chi connectivity index (χ3n) is 2.12. The van der Waals surface area contributed by atoms with Crippen molar-refractivity contribution in [2.24, 2.45) is 0 Å². The number of aliphatic hydroxyl groups excluding tert-OH is 1. The maximum Gasteiger partial charge on any atom is 0.326 e. The molecule has 1 aromatic carbocycles. The third-order valence-corrected chi connectivity index (χ3v) is 2.12. The van der Waals surface area contributed by atoms with Gasteiger partial charge < -0.3 is 9.84 Å². The number of carbonyl (C=O) groups excluding carboxylic acids is 1. The molecule has 1 aliphatic rings. The SMILES string of the molecule is O=C1OC=C(O)C1c1cccc(F)c1F. The summed E-state index contributed by atoms with van der Waals surface area (Å²) in [6, 6.07) is 3.41. The van der Waals surface area contributed by atoms with Gasteiger partial charge in [0.1, 0.15) is 17.9 Å². The highest BCUT2D eigenvalue weighted by molar-refractivity contribution is 5.84. The standard InChI is InChI=1S/C10H6F2O3/c11-6-3-1-2-5(9(6)12)8-7(13)4-15-10(8)14/h1-4,8,13H. The van der Waals surface area contributed by atoms with Gasteiger partial charge in [0.15, 0.2) is 11.6 Å². The first-order valence-electron chi connectivity index (χ1n) is 4.14. The normalized spacial score (nSPS) is 20.0. The maximum atomic E-state index is 13.3. The van der Waals surface area contributed by atoms with E-state index in [0.717, 1.165) is 12.3 Å². The minimum absolute atomic E-state index is 0.230. The van der Waals surface area contributed by atoms with Crippen molar-refractivity contribution in [2.75, 3.05) is 0 Å². The molecule has 15 heavy (non-hydrogen) atoms. The summed E-state index contributed by atoms with van der Waals surface area (Å²) in [4.78, 5) is 11.1. The van der Waals surface area contributed by atoms with Crippen LogP contribution in [0.2, 0.25) is 0 Å². The lowest BCUT2D eigenvalue weighted by Crippen LogP contribution is -2.12. The van der Waals surface area contributed by atoms with Gasteiger partial charge in [-0.05, 0) is 6.07 Å². The number of esters is 1. The van der Waals surface area contributed by atoms with Crippen molar-refractivity contribution in [1.29, 1.82) is 0 Å². The predicted octanol–water partition coefficient (Wildman–Crippen LogP) is 2.00.